The number of aliphatic imine (C=N–C) groups is 1. The summed E-state index contributed by atoms with van der Waals surface area (Å²) in [6, 6.07) is 20.4. The third-order valence-corrected chi connectivity index (χ3v) is 4.98. The monoisotopic (exact) mass is 471 g/mol. The molecule has 0 amide bonds. The van der Waals surface area contributed by atoms with E-state index in [0.29, 0.717) is 12.4 Å². The van der Waals surface area contributed by atoms with Crippen LogP contribution in [0.1, 0.15) is 22.3 Å². The predicted molar refractivity (Wildman–Crippen MR) is 120 cm³/mol. The number of ether oxygens (including phenoxy) is 2. The SMILES string of the molecule is COc1cc(C=Nc2ccc(C)cc2C)cc(I)c1OCc1ccccc1. The van der Waals surface area contributed by atoms with Crippen molar-refractivity contribution in [1.82, 2.24) is 0 Å². The molecule has 0 radical (unpaired) electrons. The average molecular weight is 471 g/mol. The van der Waals surface area contributed by atoms with Gasteiger partial charge in [0.25, 0.3) is 0 Å². The van der Waals surface area contributed by atoms with E-state index in [1.807, 2.05) is 48.7 Å². The molecule has 0 atom stereocenters. The van der Waals surface area contributed by atoms with Gasteiger partial charge in [0.05, 0.1) is 16.4 Å². The molecule has 0 aliphatic carbocycles. The molecule has 0 fully saturated rings. The van der Waals surface area contributed by atoms with Crippen molar-refractivity contribution < 1.29 is 9.47 Å². The number of rotatable bonds is 6. The molecule has 0 saturated heterocycles. The number of nitrogens with zero attached hydrogens (tertiary/aromatic N) is 1. The Hall–Kier alpha value is -2.34. The highest BCUT2D eigenvalue weighted by molar-refractivity contribution is 14.1. The molecule has 0 aromatic heterocycles. The summed E-state index contributed by atoms with van der Waals surface area (Å²) in [7, 11) is 1.66. The fourth-order valence-corrected chi connectivity index (χ4v) is 3.56. The molecular weight excluding hydrogens is 449 g/mol. The van der Waals surface area contributed by atoms with Gasteiger partial charge in [-0.2, -0.15) is 0 Å². The van der Waals surface area contributed by atoms with Gasteiger partial charge in [0, 0.05) is 6.21 Å². The van der Waals surface area contributed by atoms with E-state index >= 15 is 0 Å². The van der Waals surface area contributed by atoms with E-state index in [4.69, 9.17) is 9.47 Å². The van der Waals surface area contributed by atoms with Crippen molar-refractivity contribution in [3.63, 3.8) is 0 Å². The van der Waals surface area contributed by atoms with Gasteiger partial charge < -0.3 is 9.47 Å². The number of halogens is 1. The van der Waals surface area contributed by atoms with Crippen molar-refractivity contribution in [3.05, 3.63) is 86.5 Å². The fourth-order valence-electron chi connectivity index (χ4n) is 2.78. The number of hydrogen-bond donors (Lipinski definition) is 0. The second-order valence-electron chi connectivity index (χ2n) is 6.36. The van der Waals surface area contributed by atoms with Crippen LogP contribution in [0.15, 0.2) is 65.7 Å². The smallest absolute Gasteiger partial charge is 0.174 e. The number of hydrogen-bond acceptors (Lipinski definition) is 3. The molecular formula is C23H22INO2. The standard InChI is InChI=1S/C23H22INO2/c1-16-9-10-21(17(2)11-16)25-14-19-12-20(24)23(22(13-19)26-3)27-15-18-7-5-4-6-8-18/h4-14H,15H2,1-3H3. The van der Waals surface area contributed by atoms with Crippen LogP contribution in [-0.2, 0) is 6.61 Å². The predicted octanol–water partition coefficient (Wildman–Crippen LogP) is 6.25. The third-order valence-electron chi connectivity index (χ3n) is 4.18. The van der Waals surface area contributed by atoms with Crippen LogP contribution in [0.2, 0.25) is 0 Å². The Balaban J connectivity index is 1.82. The lowest BCUT2D eigenvalue weighted by Gasteiger charge is -2.13. The molecule has 27 heavy (non-hydrogen) atoms. The van der Waals surface area contributed by atoms with E-state index in [1.54, 1.807) is 7.11 Å². The van der Waals surface area contributed by atoms with Crippen LogP contribution < -0.4 is 9.47 Å². The Morgan fingerprint density at radius 2 is 1.78 bits per heavy atom. The highest BCUT2D eigenvalue weighted by Crippen LogP contribution is 2.34. The first kappa shape index (κ1) is 19.4. The maximum atomic E-state index is 6.02. The van der Waals surface area contributed by atoms with Crippen LogP contribution in [-0.4, -0.2) is 13.3 Å². The molecule has 138 valence electrons. The minimum Gasteiger partial charge on any atom is -0.493 e. The molecule has 3 nitrogen and oxygen atoms in total. The lowest BCUT2D eigenvalue weighted by molar-refractivity contribution is 0.282. The van der Waals surface area contributed by atoms with Crippen molar-refractivity contribution in [2.45, 2.75) is 20.5 Å². The molecule has 0 spiro atoms. The van der Waals surface area contributed by atoms with Crippen molar-refractivity contribution in [2.75, 3.05) is 7.11 Å². The van der Waals surface area contributed by atoms with E-state index in [2.05, 4.69) is 59.6 Å². The van der Waals surface area contributed by atoms with E-state index in [9.17, 15) is 0 Å². The van der Waals surface area contributed by atoms with Gasteiger partial charge in [-0.3, -0.25) is 4.99 Å². The van der Waals surface area contributed by atoms with E-state index in [0.717, 1.165) is 31.7 Å². The minimum atomic E-state index is 0.503. The van der Waals surface area contributed by atoms with Gasteiger partial charge in [0.1, 0.15) is 6.61 Å². The summed E-state index contributed by atoms with van der Waals surface area (Å²) in [6.07, 6.45) is 1.86. The number of aryl methyl sites for hydroxylation is 2. The first-order valence-corrected chi connectivity index (χ1v) is 9.80. The lowest BCUT2D eigenvalue weighted by atomic mass is 10.1. The molecule has 0 aliphatic heterocycles. The Labute approximate surface area is 174 Å². The molecule has 3 aromatic carbocycles. The van der Waals surface area contributed by atoms with Crippen molar-refractivity contribution in [3.8, 4) is 11.5 Å². The highest BCUT2D eigenvalue weighted by Gasteiger charge is 2.11. The van der Waals surface area contributed by atoms with Crippen LogP contribution in [0.4, 0.5) is 5.69 Å². The molecule has 4 heteroatoms. The zero-order valence-electron chi connectivity index (χ0n) is 15.7. The molecule has 0 N–H and O–H groups in total. The van der Waals surface area contributed by atoms with Crippen molar-refractivity contribution in [1.29, 1.82) is 0 Å². The average Bonchev–Trinajstić information content (AvgIpc) is 2.67. The van der Waals surface area contributed by atoms with E-state index in [-0.39, 0.29) is 0 Å². The van der Waals surface area contributed by atoms with Gasteiger partial charge in [0.15, 0.2) is 11.5 Å². The van der Waals surface area contributed by atoms with Gasteiger partial charge in [0.2, 0.25) is 0 Å². The lowest BCUT2D eigenvalue weighted by Crippen LogP contribution is -2.00. The van der Waals surface area contributed by atoms with Crippen LogP contribution in [0.5, 0.6) is 11.5 Å². The normalized spacial score (nSPS) is 11.0. The topological polar surface area (TPSA) is 30.8 Å². The summed E-state index contributed by atoms with van der Waals surface area (Å²) < 4.78 is 12.6. The Kier molecular flexibility index (Phi) is 6.50. The summed E-state index contributed by atoms with van der Waals surface area (Å²) in [5.74, 6) is 1.46. The first-order chi connectivity index (χ1) is 13.1. The van der Waals surface area contributed by atoms with Gasteiger partial charge in [-0.25, -0.2) is 0 Å². The molecule has 3 aromatic rings. The second-order valence-corrected chi connectivity index (χ2v) is 7.52. The highest BCUT2D eigenvalue weighted by atomic mass is 127. The van der Waals surface area contributed by atoms with Crippen LogP contribution in [0, 0.1) is 17.4 Å². The maximum absolute atomic E-state index is 6.02. The van der Waals surface area contributed by atoms with Crippen LogP contribution >= 0.6 is 22.6 Å². The van der Waals surface area contributed by atoms with Gasteiger partial charge in [-0.05, 0) is 71.3 Å². The van der Waals surface area contributed by atoms with Gasteiger partial charge >= 0.3 is 0 Å². The van der Waals surface area contributed by atoms with E-state index in [1.165, 1.54) is 5.56 Å². The molecule has 0 aliphatic rings. The quantitative estimate of drug-likeness (QED) is 0.315. The summed E-state index contributed by atoms with van der Waals surface area (Å²) >= 11 is 2.28. The van der Waals surface area contributed by atoms with Gasteiger partial charge in [-0.1, -0.05) is 48.0 Å². The van der Waals surface area contributed by atoms with Crippen LogP contribution in [0.3, 0.4) is 0 Å². The Bertz CT molecular complexity index is 952. The molecule has 0 unspecified atom stereocenters. The zero-order chi connectivity index (χ0) is 19.2. The summed E-state index contributed by atoms with van der Waals surface area (Å²) in [6.45, 7) is 4.66. The maximum Gasteiger partial charge on any atom is 0.174 e. The van der Waals surface area contributed by atoms with E-state index < -0.39 is 0 Å². The Morgan fingerprint density at radius 1 is 1.00 bits per heavy atom. The molecule has 0 saturated carbocycles. The minimum absolute atomic E-state index is 0.503. The van der Waals surface area contributed by atoms with Crippen molar-refractivity contribution >= 4 is 34.5 Å². The molecule has 0 bridgehead atoms. The molecule has 0 heterocycles. The third kappa shape index (κ3) is 5.10. The van der Waals surface area contributed by atoms with Crippen molar-refractivity contribution in [2.24, 2.45) is 4.99 Å². The summed E-state index contributed by atoms with van der Waals surface area (Å²) in [5.41, 5.74) is 5.47. The molecule has 3 rings (SSSR count). The number of methoxy groups -OCH3 is 1. The zero-order valence-corrected chi connectivity index (χ0v) is 17.9. The van der Waals surface area contributed by atoms with Gasteiger partial charge in [-0.15, -0.1) is 0 Å². The number of benzene rings is 3. The largest absolute Gasteiger partial charge is 0.493 e. The fraction of sp³-hybridized carbons (Fsp3) is 0.174. The first-order valence-electron chi connectivity index (χ1n) is 8.72. The summed E-state index contributed by atoms with van der Waals surface area (Å²) in [4.78, 5) is 4.63. The summed E-state index contributed by atoms with van der Waals surface area (Å²) in [5, 5.41) is 0. The van der Waals surface area contributed by atoms with Crippen LogP contribution in [0.25, 0.3) is 0 Å². The Morgan fingerprint density at radius 3 is 2.48 bits per heavy atom. The second kappa shape index (κ2) is 9.04.